The number of ether oxygens (including phenoxy) is 2. The first-order valence-corrected chi connectivity index (χ1v) is 7.07. The van der Waals surface area contributed by atoms with Crippen LogP contribution in [0.2, 0.25) is 0 Å². The van der Waals surface area contributed by atoms with Gasteiger partial charge < -0.3 is 14.6 Å². The molecule has 0 aromatic heterocycles. The number of hydrogen-bond donors (Lipinski definition) is 1. The van der Waals surface area contributed by atoms with Gasteiger partial charge in [0.15, 0.2) is 17.3 Å². The van der Waals surface area contributed by atoms with E-state index in [0.29, 0.717) is 12.2 Å². The predicted octanol–water partition coefficient (Wildman–Crippen LogP) is 1.71. The number of phenols is 1. The lowest BCUT2D eigenvalue weighted by molar-refractivity contribution is -0.115. The summed E-state index contributed by atoms with van der Waals surface area (Å²) in [4.78, 5) is 14.1. The van der Waals surface area contributed by atoms with Gasteiger partial charge in [-0.15, -0.1) is 0 Å². The second kappa shape index (κ2) is 7.81. The van der Waals surface area contributed by atoms with E-state index in [1.807, 2.05) is 0 Å². The molecule has 1 saturated heterocycles. The highest BCUT2D eigenvalue weighted by atomic mass is 16.5. The van der Waals surface area contributed by atoms with E-state index in [-0.39, 0.29) is 11.5 Å². The summed E-state index contributed by atoms with van der Waals surface area (Å²) in [5, 5.41) is 9.51. The van der Waals surface area contributed by atoms with Gasteiger partial charge in [0.25, 0.3) is 0 Å². The van der Waals surface area contributed by atoms with Crippen molar-refractivity contribution in [2.24, 2.45) is 0 Å². The lowest BCUT2D eigenvalue weighted by Gasteiger charge is -2.25. The van der Waals surface area contributed by atoms with Crippen molar-refractivity contribution in [3.63, 3.8) is 0 Å². The van der Waals surface area contributed by atoms with Crippen LogP contribution in [0.25, 0.3) is 6.08 Å². The number of hydrogen-bond acceptors (Lipinski definition) is 5. The van der Waals surface area contributed by atoms with E-state index in [0.717, 1.165) is 38.4 Å². The van der Waals surface area contributed by atoms with Gasteiger partial charge in [0.1, 0.15) is 0 Å². The van der Waals surface area contributed by atoms with Crippen molar-refractivity contribution >= 4 is 11.9 Å². The smallest absolute Gasteiger partial charge is 0.161 e. The predicted molar refractivity (Wildman–Crippen MR) is 80.6 cm³/mol. The Hall–Kier alpha value is -1.85. The van der Waals surface area contributed by atoms with Crippen molar-refractivity contribution in [1.82, 2.24) is 4.90 Å². The molecule has 0 atom stereocenters. The first kappa shape index (κ1) is 15.5. The third-order valence-corrected chi connectivity index (χ3v) is 3.44. The van der Waals surface area contributed by atoms with Crippen molar-refractivity contribution in [2.75, 3.05) is 40.0 Å². The zero-order valence-corrected chi connectivity index (χ0v) is 12.2. The van der Waals surface area contributed by atoms with Gasteiger partial charge in [-0.25, -0.2) is 0 Å². The molecule has 0 saturated carbocycles. The van der Waals surface area contributed by atoms with E-state index in [1.54, 1.807) is 30.4 Å². The Kier molecular flexibility index (Phi) is 5.78. The lowest BCUT2D eigenvalue weighted by Crippen LogP contribution is -2.37. The summed E-state index contributed by atoms with van der Waals surface area (Å²) < 4.78 is 10.3. The summed E-state index contributed by atoms with van der Waals surface area (Å²) in [5.41, 5.74) is 0.823. The van der Waals surface area contributed by atoms with E-state index in [2.05, 4.69) is 4.90 Å². The van der Waals surface area contributed by atoms with E-state index in [4.69, 9.17) is 9.47 Å². The Morgan fingerprint density at radius 2 is 2.19 bits per heavy atom. The second-order valence-electron chi connectivity index (χ2n) is 4.93. The normalized spacial score (nSPS) is 16.2. The molecule has 114 valence electrons. The summed E-state index contributed by atoms with van der Waals surface area (Å²) in [6, 6.07) is 4.99. The highest BCUT2D eigenvalue weighted by molar-refractivity contribution is 5.93. The molecule has 0 unspecified atom stereocenters. The third kappa shape index (κ3) is 4.88. The molecule has 0 amide bonds. The van der Waals surface area contributed by atoms with Crippen molar-refractivity contribution < 1.29 is 19.4 Å². The van der Waals surface area contributed by atoms with Crippen LogP contribution in [0.4, 0.5) is 0 Å². The number of carbonyl (C=O) groups is 1. The molecule has 1 aromatic rings. The van der Waals surface area contributed by atoms with Crippen molar-refractivity contribution in [3.05, 3.63) is 29.8 Å². The fourth-order valence-corrected chi connectivity index (χ4v) is 2.16. The zero-order chi connectivity index (χ0) is 15.1. The number of nitrogens with zero attached hydrogens (tertiary/aromatic N) is 1. The van der Waals surface area contributed by atoms with Gasteiger partial charge in [-0.2, -0.15) is 0 Å². The fourth-order valence-electron chi connectivity index (χ4n) is 2.16. The molecule has 1 aliphatic rings. The number of carbonyl (C=O) groups excluding carboxylic acids is 1. The van der Waals surface area contributed by atoms with Gasteiger partial charge in [-0.1, -0.05) is 12.1 Å². The second-order valence-corrected chi connectivity index (χ2v) is 4.93. The van der Waals surface area contributed by atoms with Crippen LogP contribution in [0.1, 0.15) is 12.0 Å². The minimum atomic E-state index is 0.0910. The number of aromatic hydroxyl groups is 1. The molecule has 5 nitrogen and oxygen atoms in total. The standard InChI is InChI=1S/C16H21NO4/c1-20-16-12-13(3-5-15(16)19)2-4-14(18)6-7-17-8-10-21-11-9-17/h2-5,12,19H,6-11H2,1H3/b4-2+. The lowest BCUT2D eigenvalue weighted by atomic mass is 10.1. The van der Waals surface area contributed by atoms with E-state index in [1.165, 1.54) is 7.11 Å². The highest BCUT2D eigenvalue weighted by Gasteiger charge is 2.10. The van der Waals surface area contributed by atoms with E-state index < -0.39 is 0 Å². The van der Waals surface area contributed by atoms with Crippen LogP contribution in [-0.4, -0.2) is 55.7 Å². The Balaban J connectivity index is 1.83. The third-order valence-electron chi connectivity index (χ3n) is 3.44. The molecule has 5 heteroatoms. The van der Waals surface area contributed by atoms with Crippen molar-refractivity contribution in [2.45, 2.75) is 6.42 Å². The van der Waals surface area contributed by atoms with Crippen LogP contribution in [-0.2, 0) is 9.53 Å². The van der Waals surface area contributed by atoms with Crippen molar-refractivity contribution in [1.29, 1.82) is 0 Å². The molecule has 2 rings (SSSR count). The Labute approximate surface area is 124 Å². The molecule has 0 bridgehead atoms. The minimum absolute atomic E-state index is 0.0910. The SMILES string of the molecule is COc1cc(/C=C/C(=O)CCN2CCOCC2)ccc1O. The van der Waals surface area contributed by atoms with E-state index >= 15 is 0 Å². The van der Waals surface area contributed by atoms with Crippen LogP contribution in [0.5, 0.6) is 11.5 Å². The molecule has 0 radical (unpaired) electrons. The molecule has 1 aliphatic heterocycles. The molecule has 1 heterocycles. The molecule has 1 aromatic carbocycles. The number of morpholine rings is 1. The van der Waals surface area contributed by atoms with Crippen LogP contribution in [0.15, 0.2) is 24.3 Å². The number of allylic oxidation sites excluding steroid dienone is 1. The molecule has 0 spiro atoms. The molecule has 0 aliphatic carbocycles. The zero-order valence-electron chi connectivity index (χ0n) is 12.2. The van der Waals surface area contributed by atoms with E-state index in [9.17, 15) is 9.90 Å². The van der Waals surface area contributed by atoms with Gasteiger partial charge in [0.2, 0.25) is 0 Å². The van der Waals surface area contributed by atoms with Gasteiger partial charge in [0.05, 0.1) is 20.3 Å². The Bertz CT molecular complexity index is 507. The van der Waals surface area contributed by atoms with Gasteiger partial charge in [-0.05, 0) is 23.8 Å². The number of rotatable bonds is 6. The van der Waals surface area contributed by atoms with Crippen molar-refractivity contribution in [3.8, 4) is 11.5 Å². The molecule has 21 heavy (non-hydrogen) atoms. The maximum absolute atomic E-state index is 11.9. The van der Waals surface area contributed by atoms with Crippen LogP contribution in [0.3, 0.4) is 0 Å². The van der Waals surface area contributed by atoms with Gasteiger partial charge in [0, 0.05) is 26.1 Å². The molecular formula is C16H21NO4. The van der Waals surface area contributed by atoms with Gasteiger partial charge in [-0.3, -0.25) is 9.69 Å². The van der Waals surface area contributed by atoms with Crippen LogP contribution >= 0.6 is 0 Å². The fraction of sp³-hybridized carbons (Fsp3) is 0.438. The van der Waals surface area contributed by atoms with Gasteiger partial charge >= 0.3 is 0 Å². The summed E-state index contributed by atoms with van der Waals surface area (Å²) >= 11 is 0. The minimum Gasteiger partial charge on any atom is -0.504 e. The Morgan fingerprint density at radius 3 is 2.90 bits per heavy atom. The van der Waals surface area contributed by atoms with Crippen LogP contribution < -0.4 is 4.74 Å². The topological polar surface area (TPSA) is 59.0 Å². The number of phenolic OH excluding ortho intramolecular Hbond substituents is 1. The average Bonchev–Trinajstić information content (AvgIpc) is 2.53. The largest absolute Gasteiger partial charge is 0.504 e. The molecule has 1 fully saturated rings. The number of ketones is 1. The summed E-state index contributed by atoms with van der Waals surface area (Å²) in [7, 11) is 1.50. The Morgan fingerprint density at radius 1 is 1.43 bits per heavy atom. The highest BCUT2D eigenvalue weighted by Crippen LogP contribution is 2.26. The number of methoxy groups -OCH3 is 1. The van der Waals surface area contributed by atoms with Crippen LogP contribution in [0, 0.1) is 0 Å². The first-order valence-electron chi connectivity index (χ1n) is 7.07. The summed E-state index contributed by atoms with van der Waals surface area (Å²) in [5.74, 6) is 0.583. The maximum atomic E-state index is 11.9. The summed E-state index contributed by atoms with van der Waals surface area (Å²) in [6.07, 6.45) is 3.82. The molecule has 1 N–H and O–H groups in total. The first-order chi connectivity index (χ1) is 10.2. The molecular weight excluding hydrogens is 270 g/mol. The quantitative estimate of drug-likeness (QED) is 0.809. The summed E-state index contributed by atoms with van der Waals surface area (Å²) in [6.45, 7) is 4.05. The monoisotopic (exact) mass is 291 g/mol. The number of benzene rings is 1. The average molecular weight is 291 g/mol. The maximum Gasteiger partial charge on any atom is 0.161 e.